The number of hydrogen-bond acceptors (Lipinski definition) is 3. The molecule has 4 nitrogen and oxygen atoms in total. The highest BCUT2D eigenvalue weighted by Gasteiger charge is 2.53. The van der Waals surface area contributed by atoms with Gasteiger partial charge in [-0.15, -0.1) is 0 Å². The first kappa shape index (κ1) is 15.9. The van der Waals surface area contributed by atoms with Gasteiger partial charge >= 0.3 is 0 Å². The maximum Gasteiger partial charge on any atom is 0.232 e. The van der Waals surface area contributed by atoms with Crippen LogP contribution < -0.4 is 11.1 Å². The van der Waals surface area contributed by atoms with E-state index in [0.717, 1.165) is 50.0 Å². The Morgan fingerprint density at radius 3 is 2.88 bits per heavy atom. The average Bonchev–Trinajstić information content (AvgIpc) is 2.91. The summed E-state index contributed by atoms with van der Waals surface area (Å²) in [6.07, 6.45) is 4.47. The van der Waals surface area contributed by atoms with Crippen LogP contribution in [0.3, 0.4) is 0 Å². The van der Waals surface area contributed by atoms with Crippen molar-refractivity contribution in [3.8, 4) is 0 Å². The van der Waals surface area contributed by atoms with Crippen LogP contribution in [-0.2, 0) is 12.0 Å². The molecule has 4 rings (SSSR count). The van der Waals surface area contributed by atoms with Gasteiger partial charge in [-0.2, -0.15) is 0 Å². The van der Waals surface area contributed by atoms with Crippen molar-refractivity contribution < 1.29 is 4.79 Å². The van der Waals surface area contributed by atoms with Crippen LogP contribution in [0, 0.1) is 5.41 Å². The molecule has 1 aromatic carbocycles. The summed E-state index contributed by atoms with van der Waals surface area (Å²) in [5, 5.41) is 4.75. The first-order valence-corrected chi connectivity index (χ1v) is 9.17. The molecule has 2 atom stereocenters. The molecular formula is C20H27N3O. The SMILES string of the molecule is CCC12CCCNCCc3c(n(c4ccccc34)C(=O)C1)C2(C)N. The molecule has 2 unspecified atom stereocenters. The maximum absolute atomic E-state index is 13.2. The van der Waals surface area contributed by atoms with Crippen molar-refractivity contribution in [1.82, 2.24) is 9.88 Å². The highest BCUT2D eigenvalue weighted by Crippen LogP contribution is 2.53. The molecule has 0 saturated heterocycles. The Morgan fingerprint density at radius 2 is 2.08 bits per heavy atom. The number of nitrogens with two attached hydrogens (primary N) is 1. The number of para-hydroxylation sites is 1. The largest absolute Gasteiger partial charge is 0.320 e. The zero-order valence-corrected chi connectivity index (χ0v) is 14.7. The van der Waals surface area contributed by atoms with E-state index in [9.17, 15) is 4.79 Å². The summed E-state index contributed by atoms with van der Waals surface area (Å²) >= 11 is 0. The van der Waals surface area contributed by atoms with Gasteiger partial charge < -0.3 is 11.1 Å². The molecule has 24 heavy (non-hydrogen) atoms. The summed E-state index contributed by atoms with van der Waals surface area (Å²) < 4.78 is 1.93. The zero-order chi connectivity index (χ0) is 16.9. The molecule has 128 valence electrons. The number of rotatable bonds is 1. The number of aromatic nitrogens is 1. The molecule has 0 radical (unpaired) electrons. The van der Waals surface area contributed by atoms with Gasteiger partial charge in [0.05, 0.1) is 16.7 Å². The molecular weight excluding hydrogens is 298 g/mol. The van der Waals surface area contributed by atoms with Gasteiger partial charge in [-0.3, -0.25) is 9.36 Å². The molecule has 2 aliphatic rings. The number of nitrogens with one attached hydrogen (secondary N) is 1. The molecule has 2 aromatic rings. The van der Waals surface area contributed by atoms with Crippen LogP contribution in [0.1, 0.15) is 55.6 Å². The van der Waals surface area contributed by atoms with Gasteiger partial charge in [0.15, 0.2) is 0 Å². The van der Waals surface area contributed by atoms with Crippen molar-refractivity contribution in [2.24, 2.45) is 11.1 Å². The minimum absolute atomic E-state index is 0.151. The average molecular weight is 325 g/mol. The molecule has 3 heterocycles. The van der Waals surface area contributed by atoms with E-state index in [4.69, 9.17) is 5.73 Å². The Balaban J connectivity index is 2.08. The third-order valence-corrected chi connectivity index (χ3v) is 6.55. The van der Waals surface area contributed by atoms with Gasteiger partial charge in [0.1, 0.15) is 0 Å². The van der Waals surface area contributed by atoms with Crippen molar-refractivity contribution in [3.05, 3.63) is 35.5 Å². The summed E-state index contributed by atoms with van der Waals surface area (Å²) in [6.45, 7) is 6.28. The fourth-order valence-electron chi connectivity index (χ4n) is 5.08. The lowest BCUT2D eigenvalue weighted by Crippen LogP contribution is -2.57. The molecule has 0 aliphatic carbocycles. The topological polar surface area (TPSA) is 60.0 Å². The van der Waals surface area contributed by atoms with E-state index in [1.807, 2.05) is 10.6 Å². The summed E-state index contributed by atoms with van der Waals surface area (Å²) in [4.78, 5) is 13.2. The maximum atomic E-state index is 13.2. The number of carbonyl (C=O) groups is 1. The van der Waals surface area contributed by atoms with E-state index in [1.54, 1.807) is 0 Å². The van der Waals surface area contributed by atoms with Crippen LogP contribution in [0.15, 0.2) is 24.3 Å². The van der Waals surface area contributed by atoms with Crippen LogP contribution in [0.25, 0.3) is 10.9 Å². The smallest absolute Gasteiger partial charge is 0.232 e. The standard InChI is InChI=1S/C20H27N3O/c1-3-20-10-6-11-22-12-9-15-14-7-4-5-8-16(14)23(17(24)13-20)18(15)19(20,2)21/h4-5,7-8,22H,3,6,9-13,21H2,1-2H3. The van der Waals surface area contributed by atoms with Crippen LogP contribution >= 0.6 is 0 Å². The van der Waals surface area contributed by atoms with Gasteiger partial charge in [0, 0.05) is 17.2 Å². The van der Waals surface area contributed by atoms with Crippen LogP contribution in [0.4, 0.5) is 0 Å². The summed E-state index contributed by atoms with van der Waals surface area (Å²) in [7, 11) is 0. The Labute approximate surface area is 143 Å². The Hall–Kier alpha value is -1.65. The highest BCUT2D eigenvalue weighted by atomic mass is 16.2. The van der Waals surface area contributed by atoms with Gasteiger partial charge in [-0.05, 0) is 57.3 Å². The summed E-state index contributed by atoms with van der Waals surface area (Å²) in [5.74, 6) is 0.214. The highest BCUT2D eigenvalue weighted by molar-refractivity contribution is 5.98. The molecule has 0 amide bonds. The fraction of sp³-hybridized carbons (Fsp3) is 0.550. The second-order valence-corrected chi connectivity index (χ2v) is 7.69. The molecule has 3 N–H and O–H groups in total. The van der Waals surface area contributed by atoms with Crippen molar-refractivity contribution in [2.45, 2.75) is 51.5 Å². The predicted octanol–water partition coefficient (Wildman–Crippen LogP) is 3.18. The number of fused-ring (bicyclic) bond motifs is 4. The number of nitrogens with zero attached hydrogens (tertiary/aromatic N) is 1. The molecule has 0 spiro atoms. The van der Waals surface area contributed by atoms with Crippen molar-refractivity contribution in [2.75, 3.05) is 13.1 Å². The Bertz CT molecular complexity index is 805. The number of hydrogen-bond donors (Lipinski definition) is 2. The molecule has 2 bridgehead atoms. The third kappa shape index (κ3) is 1.96. The van der Waals surface area contributed by atoms with E-state index in [2.05, 4.69) is 37.4 Å². The van der Waals surface area contributed by atoms with Gasteiger partial charge in [-0.25, -0.2) is 0 Å². The van der Waals surface area contributed by atoms with Crippen molar-refractivity contribution in [1.29, 1.82) is 0 Å². The third-order valence-electron chi connectivity index (χ3n) is 6.55. The van der Waals surface area contributed by atoms with Crippen molar-refractivity contribution in [3.63, 3.8) is 0 Å². The fourth-order valence-corrected chi connectivity index (χ4v) is 5.08. The number of carbonyl (C=O) groups excluding carboxylic acids is 1. The van der Waals surface area contributed by atoms with E-state index in [-0.39, 0.29) is 11.3 Å². The normalized spacial score (nSPS) is 30.5. The first-order valence-electron chi connectivity index (χ1n) is 9.17. The molecule has 4 heteroatoms. The zero-order valence-electron chi connectivity index (χ0n) is 14.7. The van der Waals surface area contributed by atoms with E-state index >= 15 is 0 Å². The summed E-state index contributed by atoms with van der Waals surface area (Å²) in [5.41, 5.74) is 9.76. The van der Waals surface area contributed by atoms with E-state index < -0.39 is 5.54 Å². The quantitative estimate of drug-likeness (QED) is 0.846. The monoisotopic (exact) mass is 325 g/mol. The minimum Gasteiger partial charge on any atom is -0.320 e. The van der Waals surface area contributed by atoms with Gasteiger partial charge in [-0.1, -0.05) is 25.1 Å². The lowest BCUT2D eigenvalue weighted by molar-refractivity contribution is 0.0456. The van der Waals surface area contributed by atoms with Gasteiger partial charge in [0.2, 0.25) is 5.91 Å². The Morgan fingerprint density at radius 1 is 1.29 bits per heavy atom. The second-order valence-electron chi connectivity index (χ2n) is 7.69. The molecule has 2 aliphatic heterocycles. The van der Waals surface area contributed by atoms with Crippen LogP contribution in [0.2, 0.25) is 0 Å². The van der Waals surface area contributed by atoms with E-state index in [0.29, 0.717) is 6.42 Å². The van der Waals surface area contributed by atoms with Gasteiger partial charge in [0.25, 0.3) is 0 Å². The lowest BCUT2D eigenvalue weighted by Gasteiger charge is -2.50. The minimum atomic E-state index is -0.485. The molecule has 0 fully saturated rings. The predicted molar refractivity (Wildman–Crippen MR) is 97.3 cm³/mol. The lowest BCUT2D eigenvalue weighted by atomic mass is 9.60. The van der Waals surface area contributed by atoms with Crippen LogP contribution in [0.5, 0.6) is 0 Å². The second kappa shape index (κ2) is 5.43. The summed E-state index contributed by atoms with van der Waals surface area (Å²) in [6, 6.07) is 8.27. The van der Waals surface area contributed by atoms with Crippen molar-refractivity contribution >= 4 is 16.8 Å². The molecule has 1 aromatic heterocycles. The Kier molecular flexibility index (Phi) is 3.59. The molecule has 0 saturated carbocycles. The van der Waals surface area contributed by atoms with E-state index in [1.165, 1.54) is 10.9 Å². The first-order chi connectivity index (χ1) is 11.5. The van der Waals surface area contributed by atoms with Crippen LogP contribution in [-0.4, -0.2) is 23.6 Å². The number of benzene rings is 1.